The minimum atomic E-state index is -3.33. The molecule has 0 radical (unpaired) electrons. The van der Waals surface area contributed by atoms with Gasteiger partial charge in [0.1, 0.15) is 0 Å². The molecule has 5 nitrogen and oxygen atoms in total. The van der Waals surface area contributed by atoms with Crippen LogP contribution >= 0.6 is 12.4 Å². The number of nitrogens with one attached hydrogen (secondary N) is 1. The van der Waals surface area contributed by atoms with Gasteiger partial charge in [-0.1, -0.05) is 6.92 Å². The van der Waals surface area contributed by atoms with Crippen LogP contribution in [-0.2, 0) is 16.4 Å². The summed E-state index contributed by atoms with van der Waals surface area (Å²) in [5, 5.41) is 0. The van der Waals surface area contributed by atoms with Crippen LogP contribution in [0.5, 0.6) is 0 Å². The predicted molar refractivity (Wildman–Crippen MR) is 89.5 cm³/mol. The lowest BCUT2D eigenvalue weighted by Crippen LogP contribution is -2.25. The van der Waals surface area contributed by atoms with Gasteiger partial charge in [-0.05, 0) is 32.4 Å². The Morgan fingerprint density at radius 2 is 1.75 bits per heavy atom. The minimum Gasteiger partial charge on any atom is -0.398 e. The topological polar surface area (TPSA) is 75.4 Å². The van der Waals surface area contributed by atoms with Crippen LogP contribution in [0.2, 0.25) is 0 Å². The van der Waals surface area contributed by atoms with E-state index in [1.165, 1.54) is 0 Å². The van der Waals surface area contributed by atoms with E-state index < -0.39 is 10.0 Å². The number of hydrogen-bond acceptors (Lipinski definition) is 4. The fraction of sp³-hybridized carbons (Fsp3) is 0.538. The van der Waals surface area contributed by atoms with Crippen molar-refractivity contribution in [1.29, 1.82) is 0 Å². The lowest BCUT2D eigenvalue weighted by Gasteiger charge is -2.26. The Bertz CT molecular complexity index is 543. The highest BCUT2D eigenvalue weighted by Crippen LogP contribution is 2.34. The Hall–Kier alpha value is -1.14. The summed E-state index contributed by atoms with van der Waals surface area (Å²) in [4.78, 5) is 2.10. The van der Waals surface area contributed by atoms with Gasteiger partial charge in [0.05, 0.1) is 17.6 Å². The average molecular weight is 322 g/mol. The van der Waals surface area contributed by atoms with Crippen LogP contribution < -0.4 is 15.4 Å². The van der Waals surface area contributed by atoms with Gasteiger partial charge in [0.2, 0.25) is 10.0 Å². The largest absolute Gasteiger partial charge is 0.398 e. The molecule has 0 saturated carbocycles. The van der Waals surface area contributed by atoms with Crippen LogP contribution in [0.1, 0.15) is 26.3 Å². The summed E-state index contributed by atoms with van der Waals surface area (Å²) in [6.07, 6.45) is 1.83. The van der Waals surface area contributed by atoms with Gasteiger partial charge in [-0.15, -0.1) is 12.4 Å². The average Bonchev–Trinajstić information content (AvgIpc) is 2.31. The van der Waals surface area contributed by atoms with E-state index in [2.05, 4.69) is 9.62 Å². The number of sulfonamides is 1. The first-order valence-corrected chi connectivity index (χ1v) is 8.37. The molecule has 0 heterocycles. The highest BCUT2D eigenvalue weighted by Gasteiger charge is 2.17. The molecule has 0 unspecified atom stereocenters. The van der Waals surface area contributed by atoms with Crippen molar-refractivity contribution < 1.29 is 8.42 Å². The molecule has 116 valence electrons. The first-order chi connectivity index (χ1) is 8.84. The quantitative estimate of drug-likeness (QED) is 0.789. The lowest BCUT2D eigenvalue weighted by molar-refractivity contribution is 0.606. The fourth-order valence-corrected chi connectivity index (χ4v) is 2.76. The van der Waals surface area contributed by atoms with Crippen LogP contribution in [0.4, 0.5) is 17.1 Å². The smallest absolute Gasteiger partial charge is 0.229 e. The van der Waals surface area contributed by atoms with E-state index >= 15 is 0 Å². The lowest BCUT2D eigenvalue weighted by atomic mass is 10.1. The molecule has 3 N–H and O–H groups in total. The summed E-state index contributed by atoms with van der Waals surface area (Å²) in [5.41, 5.74) is 8.89. The van der Waals surface area contributed by atoms with E-state index in [1.54, 1.807) is 0 Å². The van der Waals surface area contributed by atoms with Gasteiger partial charge >= 0.3 is 0 Å². The third-order valence-electron chi connectivity index (χ3n) is 3.07. The standard InChI is InChI=1S/C13H23N3O2S.ClH/c1-5-10-11(14)8-9-12(16(6-2)7-3)13(10)15-19(4,17)18;/h8-9,15H,5-7,14H2,1-4H3;1H. The van der Waals surface area contributed by atoms with Crippen LogP contribution in [0.25, 0.3) is 0 Å². The first kappa shape index (κ1) is 18.9. The number of anilines is 3. The molecule has 0 fully saturated rings. The number of benzene rings is 1. The molecule has 0 saturated heterocycles. The number of nitrogen functional groups attached to an aromatic ring is 1. The molecule has 20 heavy (non-hydrogen) atoms. The van der Waals surface area contributed by atoms with Gasteiger partial charge in [-0.3, -0.25) is 4.72 Å². The third kappa shape index (κ3) is 4.45. The zero-order chi connectivity index (χ0) is 14.6. The first-order valence-electron chi connectivity index (χ1n) is 6.48. The Morgan fingerprint density at radius 3 is 2.15 bits per heavy atom. The van der Waals surface area contributed by atoms with Crippen molar-refractivity contribution in [3.8, 4) is 0 Å². The van der Waals surface area contributed by atoms with Crippen molar-refractivity contribution in [3.05, 3.63) is 17.7 Å². The zero-order valence-corrected chi connectivity index (χ0v) is 14.1. The van der Waals surface area contributed by atoms with Gasteiger partial charge in [-0.25, -0.2) is 8.42 Å². The van der Waals surface area contributed by atoms with Crippen molar-refractivity contribution in [2.45, 2.75) is 27.2 Å². The Kier molecular flexibility index (Phi) is 7.16. The molecule has 1 aromatic rings. The molecule has 0 amide bonds. The number of nitrogens with two attached hydrogens (primary N) is 1. The molecule has 1 rings (SSSR count). The normalized spacial score (nSPS) is 10.8. The fourth-order valence-electron chi connectivity index (χ4n) is 2.16. The molecule has 7 heteroatoms. The summed E-state index contributed by atoms with van der Waals surface area (Å²) >= 11 is 0. The Balaban J connectivity index is 0.00000361. The Morgan fingerprint density at radius 1 is 1.20 bits per heavy atom. The Labute approximate surface area is 128 Å². The van der Waals surface area contributed by atoms with Crippen molar-refractivity contribution in [1.82, 2.24) is 0 Å². The van der Waals surface area contributed by atoms with E-state index in [1.807, 2.05) is 32.9 Å². The van der Waals surface area contributed by atoms with Crippen molar-refractivity contribution in [2.75, 3.05) is 34.7 Å². The molecule has 1 aromatic carbocycles. The summed E-state index contributed by atoms with van der Waals surface area (Å²) in [6.45, 7) is 7.65. The highest BCUT2D eigenvalue weighted by atomic mass is 35.5. The predicted octanol–water partition coefficient (Wildman–Crippen LogP) is 2.47. The van der Waals surface area contributed by atoms with Gasteiger partial charge < -0.3 is 10.6 Å². The molecule has 0 spiro atoms. The van der Waals surface area contributed by atoms with Crippen LogP contribution in [-0.4, -0.2) is 27.8 Å². The molecular formula is C13H24ClN3O2S. The van der Waals surface area contributed by atoms with Gasteiger partial charge in [-0.2, -0.15) is 0 Å². The van der Waals surface area contributed by atoms with Crippen molar-refractivity contribution in [3.63, 3.8) is 0 Å². The number of nitrogens with zero attached hydrogens (tertiary/aromatic N) is 1. The molecule has 0 aliphatic heterocycles. The van der Waals surface area contributed by atoms with Crippen molar-refractivity contribution >= 4 is 39.5 Å². The van der Waals surface area contributed by atoms with E-state index in [0.29, 0.717) is 17.8 Å². The summed E-state index contributed by atoms with van der Waals surface area (Å²) in [5.74, 6) is 0. The number of halogens is 1. The van der Waals surface area contributed by atoms with E-state index in [4.69, 9.17) is 5.73 Å². The van der Waals surface area contributed by atoms with Gasteiger partial charge in [0.15, 0.2) is 0 Å². The second-order valence-corrected chi connectivity index (χ2v) is 6.18. The van der Waals surface area contributed by atoms with Crippen molar-refractivity contribution in [2.24, 2.45) is 0 Å². The maximum atomic E-state index is 11.6. The van der Waals surface area contributed by atoms with E-state index in [-0.39, 0.29) is 12.4 Å². The molecule has 0 aliphatic carbocycles. The monoisotopic (exact) mass is 321 g/mol. The van der Waals surface area contributed by atoms with Gasteiger partial charge in [0, 0.05) is 24.3 Å². The second kappa shape index (κ2) is 7.59. The van der Waals surface area contributed by atoms with Gasteiger partial charge in [0.25, 0.3) is 0 Å². The summed E-state index contributed by atoms with van der Waals surface area (Å²) < 4.78 is 25.7. The maximum absolute atomic E-state index is 11.6. The minimum absolute atomic E-state index is 0. The second-order valence-electron chi connectivity index (χ2n) is 4.43. The molecule has 0 aromatic heterocycles. The van der Waals surface area contributed by atoms with E-state index in [9.17, 15) is 8.42 Å². The number of rotatable bonds is 6. The van der Waals surface area contributed by atoms with Crippen LogP contribution in [0.15, 0.2) is 12.1 Å². The summed E-state index contributed by atoms with van der Waals surface area (Å²) in [6, 6.07) is 3.70. The number of hydrogen-bond donors (Lipinski definition) is 2. The third-order valence-corrected chi connectivity index (χ3v) is 3.65. The maximum Gasteiger partial charge on any atom is 0.229 e. The molecule has 0 atom stereocenters. The van der Waals surface area contributed by atoms with Crippen LogP contribution in [0.3, 0.4) is 0 Å². The molecular weight excluding hydrogens is 298 g/mol. The van der Waals surface area contributed by atoms with E-state index in [0.717, 1.165) is 30.6 Å². The highest BCUT2D eigenvalue weighted by molar-refractivity contribution is 7.92. The molecule has 0 bridgehead atoms. The molecule has 0 aliphatic rings. The zero-order valence-electron chi connectivity index (χ0n) is 12.4. The van der Waals surface area contributed by atoms with Crippen LogP contribution in [0, 0.1) is 0 Å². The summed E-state index contributed by atoms with van der Waals surface area (Å²) in [7, 11) is -3.33. The SMILES string of the molecule is CCc1c(N)ccc(N(CC)CC)c1NS(C)(=O)=O.Cl.